The van der Waals surface area contributed by atoms with Crippen LogP contribution in [0.3, 0.4) is 0 Å². The second-order valence-electron chi connectivity index (χ2n) is 1.00. The number of nitrogens with two attached hydrogens (primary N) is 1. The Morgan fingerprint density at radius 2 is 2.10 bits per heavy atom. The van der Waals surface area contributed by atoms with Crippen molar-refractivity contribution in [2.45, 2.75) is 0 Å². The molecule has 6 heteroatoms. The first kappa shape index (κ1) is 12.3. The minimum atomic E-state index is -4.26. The molecule has 0 aliphatic heterocycles. The van der Waals surface area contributed by atoms with Crippen molar-refractivity contribution in [3.05, 3.63) is 12.7 Å². The molecule has 0 aliphatic rings. The highest BCUT2D eigenvalue weighted by molar-refractivity contribution is 7.80. The maximum atomic E-state index is 9.68. The Morgan fingerprint density at radius 3 is 2.20 bits per heavy atom. The van der Waals surface area contributed by atoms with E-state index in [-0.39, 0.29) is 6.61 Å². The summed E-state index contributed by atoms with van der Waals surface area (Å²) < 4.78 is 31.0. The molecule has 0 radical (unpaired) electrons. The lowest BCUT2D eigenvalue weighted by Crippen LogP contribution is -2.02. The van der Waals surface area contributed by atoms with E-state index in [9.17, 15) is 8.42 Å². The van der Waals surface area contributed by atoms with Crippen LogP contribution in [0.1, 0.15) is 0 Å². The van der Waals surface area contributed by atoms with Crippen LogP contribution in [0, 0.1) is 0 Å². The number of rotatable bonds is 3. The molecule has 0 unspecified atom stereocenters. The summed E-state index contributed by atoms with van der Waals surface area (Å²) in [5.74, 6) is 0. The highest BCUT2D eigenvalue weighted by Gasteiger charge is 1.99. The van der Waals surface area contributed by atoms with Crippen LogP contribution in [0.15, 0.2) is 12.7 Å². The van der Waals surface area contributed by atoms with E-state index in [2.05, 4.69) is 16.5 Å². The Bertz CT molecular complexity index is 162. The first-order valence-corrected chi connectivity index (χ1v) is 3.73. The van der Waals surface area contributed by atoms with E-state index in [1.165, 1.54) is 13.1 Å². The van der Waals surface area contributed by atoms with Crippen molar-refractivity contribution >= 4 is 10.4 Å². The third-order valence-corrected chi connectivity index (χ3v) is 0.769. The van der Waals surface area contributed by atoms with Gasteiger partial charge in [0.15, 0.2) is 0 Å². The van der Waals surface area contributed by atoms with Crippen molar-refractivity contribution in [3.8, 4) is 0 Å². The van der Waals surface area contributed by atoms with Crippen LogP contribution in [-0.2, 0) is 14.6 Å². The fourth-order valence-electron chi connectivity index (χ4n) is 0.134. The highest BCUT2D eigenvalue weighted by Crippen LogP contribution is 1.83. The summed E-state index contributed by atoms with van der Waals surface area (Å²) in [5.41, 5.74) is 4.50. The smallest absolute Gasteiger partial charge is 0.333 e. The van der Waals surface area contributed by atoms with Gasteiger partial charge in [0.25, 0.3) is 0 Å². The molecule has 0 saturated carbocycles. The molecule has 0 fully saturated rings. The molecule has 0 amide bonds. The molecule has 5 nitrogen and oxygen atoms in total. The summed E-state index contributed by atoms with van der Waals surface area (Å²) in [6.45, 7) is 2.97. The van der Waals surface area contributed by atoms with Gasteiger partial charge in [-0.15, -0.1) is 6.58 Å². The fourth-order valence-corrected chi connectivity index (χ4v) is 0.402. The van der Waals surface area contributed by atoms with Crippen LogP contribution in [0.4, 0.5) is 0 Å². The van der Waals surface area contributed by atoms with Crippen molar-refractivity contribution in [1.29, 1.82) is 0 Å². The first-order valence-electron chi connectivity index (χ1n) is 2.37. The maximum absolute atomic E-state index is 9.68. The summed E-state index contributed by atoms with van der Waals surface area (Å²) in [4.78, 5) is 0. The maximum Gasteiger partial charge on any atom is 0.397 e. The van der Waals surface area contributed by atoms with Crippen LogP contribution in [0.5, 0.6) is 0 Å². The average molecular weight is 169 g/mol. The molecule has 0 saturated heterocycles. The van der Waals surface area contributed by atoms with Crippen LogP contribution < -0.4 is 5.73 Å². The summed E-state index contributed by atoms with van der Waals surface area (Å²) in [5, 5.41) is 0. The first-order chi connectivity index (χ1) is 4.56. The van der Waals surface area contributed by atoms with Gasteiger partial charge in [0, 0.05) is 0 Å². The lowest BCUT2D eigenvalue weighted by Gasteiger charge is -1.90. The fraction of sp³-hybridized carbons (Fsp3) is 0.500. The zero-order chi connectivity index (χ0) is 8.62. The highest BCUT2D eigenvalue weighted by atomic mass is 32.3. The van der Waals surface area contributed by atoms with E-state index in [1.807, 2.05) is 0 Å². The van der Waals surface area contributed by atoms with Gasteiger partial charge < -0.3 is 5.73 Å². The molecule has 0 spiro atoms. The topological polar surface area (TPSA) is 89.6 Å². The molecule has 0 atom stereocenters. The predicted octanol–water partition coefficient (Wildman–Crippen LogP) is -0.433. The number of hydrogen-bond acceptors (Lipinski definition) is 4. The molecule has 0 aliphatic carbocycles. The van der Waals surface area contributed by atoms with Crippen molar-refractivity contribution < 1.29 is 17.2 Å². The molecule has 0 aromatic rings. The molecule has 0 rings (SSSR count). The van der Waals surface area contributed by atoms with Crippen LogP contribution in [0.2, 0.25) is 0 Å². The molecule has 0 aromatic heterocycles. The van der Waals surface area contributed by atoms with E-state index in [4.69, 9.17) is 4.55 Å². The quantitative estimate of drug-likeness (QED) is 0.442. The van der Waals surface area contributed by atoms with E-state index < -0.39 is 10.4 Å². The van der Waals surface area contributed by atoms with Gasteiger partial charge in [-0.1, -0.05) is 6.08 Å². The second-order valence-corrected chi connectivity index (χ2v) is 2.09. The Hall–Kier alpha value is -0.430. The Morgan fingerprint density at radius 1 is 1.70 bits per heavy atom. The molecular formula is C4H11NO4S. The van der Waals surface area contributed by atoms with Gasteiger partial charge in [0.05, 0.1) is 6.61 Å². The number of hydrogen-bond donors (Lipinski definition) is 2. The van der Waals surface area contributed by atoms with E-state index >= 15 is 0 Å². The van der Waals surface area contributed by atoms with Crippen molar-refractivity contribution in [1.82, 2.24) is 0 Å². The zero-order valence-electron chi connectivity index (χ0n) is 5.65. The van der Waals surface area contributed by atoms with Crippen LogP contribution >= 0.6 is 0 Å². The molecule has 0 bridgehead atoms. The second kappa shape index (κ2) is 6.69. The third kappa shape index (κ3) is 15.6. The largest absolute Gasteiger partial charge is 0.397 e. The third-order valence-electron chi connectivity index (χ3n) is 0.335. The van der Waals surface area contributed by atoms with E-state index in [0.717, 1.165) is 0 Å². The Labute approximate surface area is 60.4 Å². The van der Waals surface area contributed by atoms with Crippen LogP contribution in [-0.4, -0.2) is 26.6 Å². The summed E-state index contributed by atoms with van der Waals surface area (Å²) in [6.07, 6.45) is 1.22. The van der Waals surface area contributed by atoms with Crippen molar-refractivity contribution in [3.63, 3.8) is 0 Å². The van der Waals surface area contributed by atoms with Gasteiger partial charge >= 0.3 is 10.4 Å². The van der Waals surface area contributed by atoms with Crippen molar-refractivity contribution in [2.24, 2.45) is 5.73 Å². The van der Waals surface area contributed by atoms with Gasteiger partial charge in [0.2, 0.25) is 0 Å². The minimum absolute atomic E-state index is 0.196. The summed E-state index contributed by atoms with van der Waals surface area (Å²) >= 11 is 0. The van der Waals surface area contributed by atoms with Gasteiger partial charge in [-0.3, -0.25) is 4.55 Å². The van der Waals surface area contributed by atoms with Gasteiger partial charge in [-0.05, 0) is 7.05 Å². The lowest BCUT2D eigenvalue weighted by molar-refractivity contribution is 0.296. The molecule has 10 heavy (non-hydrogen) atoms. The Kier molecular flexibility index (Phi) is 8.20. The van der Waals surface area contributed by atoms with E-state index in [0.29, 0.717) is 0 Å². The van der Waals surface area contributed by atoms with E-state index in [1.54, 1.807) is 0 Å². The molecule has 0 aromatic carbocycles. The molecule has 62 valence electrons. The molecule has 0 heterocycles. The standard InChI is InChI=1S/C3H6O4S.CH5N/c1-2-3-7-8(4,5)6;1-2/h2H,1,3H2,(H,4,5,6);2H2,1H3. The van der Waals surface area contributed by atoms with Gasteiger partial charge in [0.1, 0.15) is 0 Å². The summed E-state index contributed by atoms with van der Waals surface area (Å²) in [7, 11) is -2.76. The lowest BCUT2D eigenvalue weighted by atomic mass is 10.7. The predicted molar refractivity (Wildman–Crippen MR) is 37.8 cm³/mol. The molecular weight excluding hydrogens is 158 g/mol. The monoisotopic (exact) mass is 169 g/mol. The molecule has 3 N–H and O–H groups in total. The van der Waals surface area contributed by atoms with Gasteiger partial charge in [-0.2, -0.15) is 8.42 Å². The van der Waals surface area contributed by atoms with Crippen molar-refractivity contribution in [2.75, 3.05) is 13.7 Å². The van der Waals surface area contributed by atoms with Crippen LogP contribution in [0.25, 0.3) is 0 Å². The normalized spacial score (nSPS) is 9.50. The van der Waals surface area contributed by atoms with Gasteiger partial charge in [-0.25, -0.2) is 4.18 Å². The summed E-state index contributed by atoms with van der Waals surface area (Å²) in [6, 6.07) is 0. The Balaban J connectivity index is 0. The SMILES string of the molecule is C=CCOS(=O)(=O)O.CN. The minimum Gasteiger partial charge on any atom is -0.333 e. The average Bonchev–Trinajstić information content (AvgIpc) is 1.87. The zero-order valence-corrected chi connectivity index (χ0v) is 6.47.